The van der Waals surface area contributed by atoms with E-state index in [-0.39, 0.29) is 4.90 Å². The monoisotopic (exact) mass is 232 g/mol. The first kappa shape index (κ1) is 11.5. The lowest BCUT2D eigenvalue weighted by molar-refractivity contribution is 0.609. The summed E-state index contributed by atoms with van der Waals surface area (Å²) < 4.78 is 22.3. The molecule has 0 bridgehead atoms. The number of halogens is 1. The van der Waals surface area contributed by atoms with E-state index in [2.05, 4.69) is 0 Å². The van der Waals surface area contributed by atoms with Gasteiger partial charge in [-0.15, -0.1) is 0 Å². The topological polar surface area (TPSA) is 34.1 Å². The highest BCUT2D eigenvalue weighted by atomic mass is 35.7. The zero-order chi connectivity index (χ0) is 10.8. The molecular formula is C10H13ClO2S. The van der Waals surface area contributed by atoms with Crippen molar-refractivity contribution in [2.24, 2.45) is 0 Å². The summed E-state index contributed by atoms with van der Waals surface area (Å²) in [6.07, 6.45) is 1.63. The average Bonchev–Trinajstić information content (AvgIpc) is 2.15. The third kappa shape index (κ3) is 2.72. The highest BCUT2D eigenvalue weighted by molar-refractivity contribution is 8.13. The van der Waals surface area contributed by atoms with Crippen LogP contribution in [0, 0.1) is 0 Å². The molecule has 0 spiro atoms. The van der Waals surface area contributed by atoms with Crippen molar-refractivity contribution in [3.05, 3.63) is 29.3 Å². The van der Waals surface area contributed by atoms with Crippen molar-refractivity contribution in [3.63, 3.8) is 0 Å². The second kappa shape index (κ2) is 4.32. The Bertz CT molecular complexity index is 401. The van der Waals surface area contributed by atoms with Crippen LogP contribution in [0.5, 0.6) is 0 Å². The van der Waals surface area contributed by atoms with Crippen molar-refractivity contribution >= 4 is 19.7 Å². The van der Waals surface area contributed by atoms with Gasteiger partial charge in [-0.25, -0.2) is 8.42 Å². The maximum absolute atomic E-state index is 11.1. The molecule has 0 heterocycles. The maximum atomic E-state index is 11.1. The fourth-order valence-electron chi connectivity index (χ4n) is 1.28. The molecule has 0 unspecified atom stereocenters. The highest BCUT2D eigenvalue weighted by Gasteiger charge is 2.11. The van der Waals surface area contributed by atoms with Gasteiger partial charge in [0.15, 0.2) is 0 Å². The highest BCUT2D eigenvalue weighted by Crippen LogP contribution is 2.19. The molecule has 0 aromatic heterocycles. The van der Waals surface area contributed by atoms with Gasteiger partial charge in [0.25, 0.3) is 9.05 Å². The molecule has 0 aliphatic carbocycles. The molecule has 1 aromatic carbocycles. The van der Waals surface area contributed by atoms with E-state index in [4.69, 9.17) is 10.7 Å². The van der Waals surface area contributed by atoms with Gasteiger partial charge < -0.3 is 0 Å². The van der Waals surface area contributed by atoms with E-state index < -0.39 is 9.05 Å². The van der Waals surface area contributed by atoms with E-state index in [1.165, 1.54) is 0 Å². The van der Waals surface area contributed by atoms with Crippen LogP contribution >= 0.6 is 10.7 Å². The summed E-state index contributed by atoms with van der Waals surface area (Å²) in [4.78, 5) is 0.204. The van der Waals surface area contributed by atoms with Crippen LogP contribution < -0.4 is 0 Å². The summed E-state index contributed by atoms with van der Waals surface area (Å²) in [6, 6.07) is 5.26. The van der Waals surface area contributed by atoms with Crippen LogP contribution in [0.15, 0.2) is 23.1 Å². The minimum atomic E-state index is -3.60. The smallest absolute Gasteiger partial charge is 0.207 e. The summed E-state index contributed by atoms with van der Waals surface area (Å²) >= 11 is 0. The molecule has 14 heavy (non-hydrogen) atoms. The van der Waals surface area contributed by atoms with Gasteiger partial charge in [0.1, 0.15) is 0 Å². The number of rotatable bonds is 3. The maximum Gasteiger partial charge on any atom is 0.261 e. The minimum absolute atomic E-state index is 0.204. The summed E-state index contributed by atoms with van der Waals surface area (Å²) in [6.45, 7) is 3.97. The van der Waals surface area contributed by atoms with Crippen molar-refractivity contribution in [2.75, 3.05) is 0 Å². The number of hydrogen-bond donors (Lipinski definition) is 0. The molecule has 0 saturated heterocycles. The Balaban J connectivity index is 3.32. The Hall–Kier alpha value is -0.540. The Morgan fingerprint density at radius 2 is 1.50 bits per heavy atom. The van der Waals surface area contributed by atoms with Gasteiger partial charge in [0.2, 0.25) is 0 Å². The van der Waals surface area contributed by atoms with Crippen molar-refractivity contribution in [3.8, 4) is 0 Å². The standard InChI is InChI=1S/C10H13ClO2S/c1-3-8-5-9(4-2)7-10(6-8)14(11,12)13/h5-7H,3-4H2,1-2H3. The van der Waals surface area contributed by atoms with E-state index in [9.17, 15) is 8.42 Å². The van der Waals surface area contributed by atoms with Crippen LogP contribution in [-0.4, -0.2) is 8.42 Å². The fourth-order valence-corrected chi connectivity index (χ4v) is 2.13. The van der Waals surface area contributed by atoms with Gasteiger partial charge in [-0.05, 0) is 36.1 Å². The summed E-state index contributed by atoms with van der Waals surface area (Å²) in [5.74, 6) is 0. The Labute approximate surface area is 89.3 Å². The SMILES string of the molecule is CCc1cc(CC)cc(S(=O)(=O)Cl)c1. The van der Waals surface area contributed by atoms with Crippen LogP contribution in [-0.2, 0) is 21.9 Å². The molecule has 0 aliphatic rings. The molecule has 78 valence electrons. The number of benzene rings is 1. The number of aryl methyl sites for hydroxylation is 2. The molecule has 0 atom stereocenters. The van der Waals surface area contributed by atoms with E-state index in [1.54, 1.807) is 12.1 Å². The van der Waals surface area contributed by atoms with Crippen LogP contribution in [0.3, 0.4) is 0 Å². The largest absolute Gasteiger partial charge is 0.261 e. The lowest BCUT2D eigenvalue weighted by atomic mass is 10.1. The van der Waals surface area contributed by atoms with Gasteiger partial charge in [0, 0.05) is 10.7 Å². The van der Waals surface area contributed by atoms with Crippen LogP contribution in [0.1, 0.15) is 25.0 Å². The summed E-state index contributed by atoms with van der Waals surface area (Å²) in [7, 11) is 1.69. The fraction of sp³-hybridized carbons (Fsp3) is 0.400. The molecule has 0 radical (unpaired) electrons. The first-order chi connectivity index (χ1) is 6.47. The Kier molecular flexibility index (Phi) is 3.56. The molecule has 4 heteroatoms. The molecular weight excluding hydrogens is 220 g/mol. The van der Waals surface area contributed by atoms with Gasteiger partial charge in [-0.3, -0.25) is 0 Å². The average molecular weight is 233 g/mol. The zero-order valence-corrected chi connectivity index (χ0v) is 9.82. The van der Waals surface area contributed by atoms with Gasteiger partial charge >= 0.3 is 0 Å². The molecule has 0 amide bonds. The Morgan fingerprint density at radius 1 is 1.07 bits per heavy atom. The second-order valence-electron chi connectivity index (χ2n) is 3.13. The normalized spacial score (nSPS) is 11.6. The molecule has 0 aliphatic heterocycles. The Morgan fingerprint density at radius 3 is 1.79 bits per heavy atom. The number of hydrogen-bond acceptors (Lipinski definition) is 2. The van der Waals surface area contributed by atoms with E-state index in [0.717, 1.165) is 24.0 Å². The second-order valence-corrected chi connectivity index (χ2v) is 5.70. The summed E-state index contributed by atoms with van der Waals surface area (Å²) in [5, 5.41) is 0. The first-order valence-corrected chi connectivity index (χ1v) is 6.85. The summed E-state index contributed by atoms with van der Waals surface area (Å²) in [5.41, 5.74) is 2.01. The molecule has 1 aromatic rings. The molecule has 2 nitrogen and oxygen atoms in total. The molecule has 0 N–H and O–H groups in total. The van der Waals surface area contributed by atoms with Crippen LogP contribution in [0.2, 0.25) is 0 Å². The van der Waals surface area contributed by atoms with Crippen LogP contribution in [0.25, 0.3) is 0 Å². The van der Waals surface area contributed by atoms with Crippen molar-refractivity contribution < 1.29 is 8.42 Å². The van der Waals surface area contributed by atoms with Crippen molar-refractivity contribution in [1.82, 2.24) is 0 Å². The third-order valence-corrected chi connectivity index (χ3v) is 3.46. The van der Waals surface area contributed by atoms with E-state index in [1.807, 2.05) is 19.9 Å². The van der Waals surface area contributed by atoms with E-state index in [0.29, 0.717) is 0 Å². The van der Waals surface area contributed by atoms with Crippen molar-refractivity contribution in [1.29, 1.82) is 0 Å². The zero-order valence-electron chi connectivity index (χ0n) is 8.25. The molecule has 0 fully saturated rings. The van der Waals surface area contributed by atoms with Crippen molar-refractivity contribution in [2.45, 2.75) is 31.6 Å². The predicted octanol–water partition coefficient (Wildman–Crippen LogP) is 2.74. The lowest BCUT2D eigenvalue weighted by Crippen LogP contribution is -1.95. The van der Waals surface area contributed by atoms with Crippen LogP contribution in [0.4, 0.5) is 0 Å². The van der Waals surface area contributed by atoms with Gasteiger partial charge in [0.05, 0.1) is 4.90 Å². The van der Waals surface area contributed by atoms with E-state index >= 15 is 0 Å². The van der Waals surface area contributed by atoms with Gasteiger partial charge in [-0.2, -0.15) is 0 Å². The third-order valence-electron chi connectivity index (χ3n) is 2.12. The predicted molar refractivity (Wildman–Crippen MR) is 58.2 cm³/mol. The first-order valence-electron chi connectivity index (χ1n) is 4.55. The minimum Gasteiger partial charge on any atom is -0.207 e. The lowest BCUT2D eigenvalue weighted by Gasteiger charge is -2.04. The van der Waals surface area contributed by atoms with Gasteiger partial charge in [-0.1, -0.05) is 19.9 Å². The molecule has 1 rings (SSSR count). The molecule has 0 saturated carbocycles. The quantitative estimate of drug-likeness (QED) is 0.751.